The molecule has 0 spiro atoms. The molecule has 4 atom stereocenters. The first-order valence-electron chi connectivity index (χ1n) is 7.29. The van der Waals surface area contributed by atoms with Crippen LogP contribution >= 0.6 is 0 Å². The van der Waals surface area contributed by atoms with Crippen molar-refractivity contribution in [3.63, 3.8) is 0 Å². The Balaban J connectivity index is 1.97. The Kier molecular flexibility index (Phi) is 4.83. The van der Waals surface area contributed by atoms with Crippen LogP contribution in [-0.2, 0) is 4.74 Å². The number of morpholine rings is 1. The minimum Gasteiger partial charge on any atom is -0.376 e. The summed E-state index contributed by atoms with van der Waals surface area (Å²) in [6.07, 6.45) is 7.05. The molecular weight excluding hydrogens is 212 g/mol. The Bertz CT molecular complexity index is 234. The monoisotopic (exact) mass is 240 g/mol. The average Bonchev–Trinajstić information content (AvgIpc) is 2.39. The van der Waals surface area contributed by atoms with Crippen LogP contribution in [0.4, 0.5) is 0 Å². The van der Waals surface area contributed by atoms with E-state index in [1.165, 1.54) is 32.1 Å². The van der Waals surface area contributed by atoms with Crippen molar-refractivity contribution in [1.29, 1.82) is 0 Å². The summed E-state index contributed by atoms with van der Waals surface area (Å²) in [5, 5.41) is 3.46. The molecule has 2 aliphatic rings. The smallest absolute Gasteiger partial charge is 0.0674 e. The molecule has 0 radical (unpaired) electrons. The van der Waals surface area contributed by atoms with Crippen LogP contribution in [0.1, 0.15) is 46.0 Å². The first-order valence-corrected chi connectivity index (χ1v) is 7.29. The van der Waals surface area contributed by atoms with Gasteiger partial charge in [0.25, 0.3) is 0 Å². The van der Waals surface area contributed by atoms with E-state index in [2.05, 4.69) is 31.1 Å². The lowest BCUT2D eigenvalue weighted by Crippen LogP contribution is -2.55. The van der Waals surface area contributed by atoms with Gasteiger partial charge in [0, 0.05) is 24.7 Å². The number of hydrogen-bond donors (Lipinski definition) is 1. The second kappa shape index (κ2) is 6.17. The van der Waals surface area contributed by atoms with Crippen LogP contribution in [-0.4, -0.2) is 49.3 Å². The lowest BCUT2D eigenvalue weighted by molar-refractivity contribution is -0.0788. The van der Waals surface area contributed by atoms with Crippen molar-refractivity contribution in [2.24, 2.45) is 0 Å². The Morgan fingerprint density at radius 2 is 2.18 bits per heavy atom. The van der Waals surface area contributed by atoms with Crippen LogP contribution in [0.15, 0.2) is 0 Å². The maximum atomic E-state index is 5.80. The van der Waals surface area contributed by atoms with Gasteiger partial charge in [-0.1, -0.05) is 13.3 Å². The molecule has 1 N–H and O–H groups in total. The maximum Gasteiger partial charge on any atom is 0.0674 e. The Morgan fingerprint density at radius 3 is 2.88 bits per heavy atom. The van der Waals surface area contributed by atoms with Gasteiger partial charge in [0.1, 0.15) is 0 Å². The van der Waals surface area contributed by atoms with Crippen LogP contribution in [0.5, 0.6) is 0 Å². The summed E-state index contributed by atoms with van der Waals surface area (Å²) in [4.78, 5) is 2.73. The lowest BCUT2D eigenvalue weighted by atomic mass is 9.88. The molecular formula is C14H28N2O. The highest BCUT2D eigenvalue weighted by atomic mass is 16.5. The zero-order chi connectivity index (χ0) is 12.3. The van der Waals surface area contributed by atoms with Crippen LogP contribution in [0.25, 0.3) is 0 Å². The van der Waals surface area contributed by atoms with Crippen molar-refractivity contribution in [2.75, 3.05) is 20.2 Å². The zero-order valence-electron chi connectivity index (χ0n) is 11.6. The Morgan fingerprint density at radius 1 is 1.35 bits per heavy atom. The first kappa shape index (κ1) is 13.3. The molecule has 0 aromatic rings. The van der Waals surface area contributed by atoms with Gasteiger partial charge in [0.2, 0.25) is 0 Å². The zero-order valence-corrected chi connectivity index (χ0v) is 11.6. The highest BCUT2D eigenvalue weighted by Crippen LogP contribution is 2.27. The predicted molar refractivity (Wildman–Crippen MR) is 71.3 cm³/mol. The minimum absolute atomic E-state index is 0.410. The second-order valence-electron chi connectivity index (χ2n) is 5.71. The Labute approximate surface area is 106 Å². The number of rotatable bonds is 3. The van der Waals surface area contributed by atoms with Gasteiger partial charge in [-0.3, -0.25) is 4.90 Å². The highest BCUT2D eigenvalue weighted by Gasteiger charge is 2.33. The average molecular weight is 240 g/mol. The number of nitrogens with one attached hydrogen (secondary N) is 1. The molecule has 2 rings (SSSR count). The summed E-state index contributed by atoms with van der Waals surface area (Å²) in [5.41, 5.74) is 0. The third-order valence-electron chi connectivity index (χ3n) is 4.51. The topological polar surface area (TPSA) is 24.5 Å². The fourth-order valence-corrected chi connectivity index (χ4v) is 3.40. The van der Waals surface area contributed by atoms with Crippen LogP contribution in [0.3, 0.4) is 0 Å². The van der Waals surface area contributed by atoms with E-state index in [-0.39, 0.29) is 0 Å². The molecule has 1 aliphatic heterocycles. The molecule has 4 unspecified atom stereocenters. The van der Waals surface area contributed by atoms with Gasteiger partial charge < -0.3 is 10.1 Å². The van der Waals surface area contributed by atoms with Crippen LogP contribution in [0.2, 0.25) is 0 Å². The van der Waals surface area contributed by atoms with E-state index < -0.39 is 0 Å². The highest BCUT2D eigenvalue weighted by molar-refractivity contribution is 4.89. The first-order chi connectivity index (χ1) is 8.24. The van der Waals surface area contributed by atoms with Gasteiger partial charge in [0.05, 0.1) is 12.7 Å². The standard InChI is InChI=1S/C14H28N2O/c1-4-13-10-17-11(2)9-16(13)14-7-5-6-12(8-14)15-3/h11-15H,4-10H2,1-3H3. The van der Waals surface area contributed by atoms with E-state index in [1.54, 1.807) is 0 Å². The molecule has 0 amide bonds. The van der Waals surface area contributed by atoms with Crippen molar-refractivity contribution in [3.8, 4) is 0 Å². The van der Waals surface area contributed by atoms with E-state index in [1.807, 2.05) is 0 Å². The van der Waals surface area contributed by atoms with Gasteiger partial charge in [0.15, 0.2) is 0 Å². The van der Waals surface area contributed by atoms with E-state index in [0.717, 1.165) is 25.2 Å². The van der Waals surface area contributed by atoms with Crippen molar-refractivity contribution < 1.29 is 4.74 Å². The second-order valence-corrected chi connectivity index (χ2v) is 5.71. The largest absolute Gasteiger partial charge is 0.376 e. The molecule has 17 heavy (non-hydrogen) atoms. The molecule has 3 heteroatoms. The summed E-state index contributed by atoms with van der Waals surface area (Å²) >= 11 is 0. The van der Waals surface area contributed by atoms with Gasteiger partial charge in [-0.05, 0) is 39.7 Å². The number of nitrogens with zero attached hydrogens (tertiary/aromatic N) is 1. The Hall–Kier alpha value is -0.120. The molecule has 2 fully saturated rings. The summed E-state index contributed by atoms with van der Waals surface area (Å²) in [6.45, 7) is 6.55. The molecule has 1 heterocycles. The van der Waals surface area contributed by atoms with E-state index >= 15 is 0 Å². The molecule has 100 valence electrons. The summed E-state index contributed by atoms with van der Waals surface area (Å²) in [6, 6.07) is 2.15. The minimum atomic E-state index is 0.410. The van der Waals surface area contributed by atoms with E-state index in [4.69, 9.17) is 4.74 Å². The number of hydrogen-bond acceptors (Lipinski definition) is 3. The van der Waals surface area contributed by atoms with E-state index in [0.29, 0.717) is 12.1 Å². The fraction of sp³-hybridized carbons (Fsp3) is 1.00. The normalized spacial score (nSPS) is 40.4. The molecule has 1 saturated carbocycles. The molecule has 0 aromatic carbocycles. The fourth-order valence-electron chi connectivity index (χ4n) is 3.40. The van der Waals surface area contributed by atoms with Gasteiger partial charge in [-0.2, -0.15) is 0 Å². The van der Waals surface area contributed by atoms with Crippen molar-refractivity contribution in [2.45, 2.75) is 70.2 Å². The van der Waals surface area contributed by atoms with Gasteiger partial charge in [-0.15, -0.1) is 0 Å². The molecule has 0 aromatic heterocycles. The summed E-state index contributed by atoms with van der Waals surface area (Å²) < 4.78 is 5.80. The predicted octanol–water partition coefficient (Wildman–Crippen LogP) is 2.02. The third-order valence-corrected chi connectivity index (χ3v) is 4.51. The molecule has 3 nitrogen and oxygen atoms in total. The molecule has 1 aliphatic carbocycles. The molecule has 1 saturated heterocycles. The molecule has 0 bridgehead atoms. The lowest BCUT2D eigenvalue weighted by Gasteiger charge is -2.45. The van der Waals surface area contributed by atoms with Crippen LogP contribution in [0, 0.1) is 0 Å². The van der Waals surface area contributed by atoms with Gasteiger partial charge in [-0.25, -0.2) is 0 Å². The maximum absolute atomic E-state index is 5.80. The number of ether oxygens (including phenoxy) is 1. The van der Waals surface area contributed by atoms with Crippen LogP contribution < -0.4 is 5.32 Å². The third kappa shape index (κ3) is 3.21. The van der Waals surface area contributed by atoms with Crippen molar-refractivity contribution in [3.05, 3.63) is 0 Å². The van der Waals surface area contributed by atoms with Crippen molar-refractivity contribution in [1.82, 2.24) is 10.2 Å². The van der Waals surface area contributed by atoms with Crippen molar-refractivity contribution >= 4 is 0 Å². The summed E-state index contributed by atoms with van der Waals surface area (Å²) in [5.74, 6) is 0. The van der Waals surface area contributed by atoms with E-state index in [9.17, 15) is 0 Å². The summed E-state index contributed by atoms with van der Waals surface area (Å²) in [7, 11) is 2.10. The SMILES string of the molecule is CCC1COC(C)CN1C1CCCC(NC)C1. The quantitative estimate of drug-likeness (QED) is 0.817. The van der Waals surface area contributed by atoms with Gasteiger partial charge >= 0.3 is 0 Å².